The number of rotatable bonds is 7. The van der Waals surface area contributed by atoms with Crippen LogP contribution in [0.5, 0.6) is 5.75 Å². The van der Waals surface area contributed by atoms with Crippen molar-refractivity contribution in [2.24, 2.45) is 7.05 Å². The number of aromatic amines is 2. The van der Waals surface area contributed by atoms with Gasteiger partial charge >= 0.3 is 0 Å². The minimum atomic E-state index is -1.57. The van der Waals surface area contributed by atoms with Gasteiger partial charge in [-0.15, -0.1) is 0 Å². The average molecular weight is 854 g/mol. The maximum Gasteiger partial charge on any atom is 0.248 e. The molecule has 0 radical (unpaired) electrons. The Kier molecular flexibility index (Phi) is 14.1. The molecule has 49 heavy (non-hydrogen) atoms. The Morgan fingerprint density at radius 3 is 1.96 bits per heavy atom. The van der Waals surface area contributed by atoms with Crippen LogP contribution in [0.3, 0.4) is 0 Å². The highest BCUT2D eigenvalue weighted by atomic mass is 35.6. The number of ether oxygens (including phenoxy) is 3. The predicted molar refractivity (Wildman–Crippen MR) is 202 cm³/mol. The number of aryl methyl sites for hydroxylation is 2. The van der Waals surface area contributed by atoms with Crippen LogP contribution in [0.15, 0.2) is 60.7 Å². The molecule has 0 saturated carbocycles. The Bertz CT molecular complexity index is 1950. The molecule has 0 aliphatic rings. The van der Waals surface area contributed by atoms with Gasteiger partial charge in [-0.05, 0) is 48.9 Å². The van der Waals surface area contributed by atoms with Gasteiger partial charge in [0.1, 0.15) is 26.0 Å². The fourth-order valence-corrected chi connectivity index (χ4v) is 5.29. The minimum absolute atomic E-state index is 0.229. The number of para-hydroxylation sites is 2. The van der Waals surface area contributed by atoms with E-state index >= 15 is 0 Å². The molecule has 0 aliphatic heterocycles. The summed E-state index contributed by atoms with van der Waals surface area (Å²) >= 11 is 51.8. The number of hydrogen-bond donors (Lipinski definition) is 3. The first kappa shape index (κ1) is 40.1. The number of hydrogen-bond acceptors (Lipinski definition) is 7. The second kappa shape index (κ2) is 17.3. The molecule has 0 spiro atoms. The lowest BCUT2D eigenvalue weighted by Crippen LogP contribution is -2.23. The zero-order valence-corrected chi connectivity index (χ0v) is 32.6. The molecule has 0 amide bonds. The normalized spacial score (nSPS) is 12.2. The summed E-state index contributed by atoms with van der Waals surface area (Å²) in [7, 11) is 3.35. The molecule has 10 nitrogen and oxygen atoms in total. The molecule has 3 aromatic heterocycles. The predicted octanol–water partition coefficient (Wildman–Crippen LogP) is 9.99. The van der Waals surface area contributed by atoms with Crippen molar-refractivity contribution in [1.82, 2.24) is 34.8 Å². The Labute approximate surface area is 326 Å². The molecular formula is C30H28Cl9N7O3. The smallest absolute Gasteiger partial charge is 0.248 e. The van der Waals surface area contributed by atoms with E-state index in [0.717, 1.165) is 33.1 Å². The van der Waals surface area contributed by atoms with Crippen molar-refractivity contribution in [1.29, 1.82) is 0 Å². The number of aromatic nitrogens is 6. The van der Waals surface area contributed by atoms with Crippen LogP contribution in [0, 0.1) is 6.92 Å². The van der Waals surface area contributed by atoms with E-state index in [1.807, 2.05) is 61.5 Å². The standard InChI is InChI=1S/C13H16Cl3N3O3.C9H7Cl3N2.C8H5Cl3N2/c1-19-11-4-3-9(22-7-17-6-21-8-20-2)5-10(11)18-12(19)13(14,15)16;1-5-2-3-6-7(4-5)14-8(13-6)9(10,11)12;9-8(10,11)7-12-5-3-1-2-4-6(5)13-7/h3-5,17H,6-8H2,1-2H3;2-4H,1H3,(H,13,14);1-4H,(H,12,13). The van der Waals surface area contributed by atoms with Crippen molar-refractivity contribution in [3.05, 3.63) is 83.7 Å². The molecule has 264 valence electrons. The van der Waals surface area contributed by atoms with Gasteiger partial charge in [0.25, 0.3) is 0 Å². The van der Waals surface area contributed by atoms with Gasteiger partial charge in [0.05, 0.1) is 33.1 Å². The Balaban J connectivity index is 0.000000174. The Morgan fingerprint density at radius 1 is 0.714 bits per heavy atom. The number of benzene rings is 3. The maximum atomic E-state index is 5.90. The van der Waals surface area contributed by atoms with Crippen LogP contribution in [0.4, 0.5) is 0 Å². The second-order valence-corrected chi connectivity index (χ2v) is 17.0. The van der Waals surface area contributed by atoms with E-state index in [1.165, 1.54) is 0 Å². The number of nitrogens with zero attached hydrogens (tertiary/aromatic N) is 4. The zero-order chi connectivity index (χ0) is 36.0. The summed E-state index contributed by atoms with van der Waals surface area (Å²) in [5.74, 6) is 1.71. The molecule has 0 atom stereocenters. The number of fused-ring (bicyclic) bond motifs is 3. The third-order valence-electron chi connectivity index (χ3n) is 6.42. The van der Waals surface area contributed by atoms with Crippen LogP contribution in [0.2, 0.25) is 0 Å². The third kappa shape index (κ3) is 11.4. The van der Waals surface area contributed by atoms with E-state index in [0.29, 0.717) is 42.2 Å². The topological polar surface area (TPSA) is 115 Å². The summed E-state index contributed by atoms with van der Waals surface area (Å²) < 4.78 is 12.6. The van der Waals surface area contributed by atoms with E-state index in [2.05, 4.69) is 30.2 Å². The fraction of sp³-hybridized carbons (Fsp3) is 0.300. The van der Waals surface area contributed by atoms with E-state index in [1.54, 1.807) is 24.8 Å². The van der Waals surface area contributed by atoms with Crippen LogP contribution in [-0.2, 0) is 27.9 Å². The average Bonchev–Trinajstić information content (AvgIpc) is 3.74. The van der Waals surface area contributed by atoms with Crippen molar-refractivity contribution in [2.45, 2.75) is 18.3 Å². The molecule has 19 heteroatoms. The van der Waals surface area contributed by atoms with Crippen LogP contribution in [0.1, 0.15) is 23.0 Å². The van der Waals surface area contributed by atoms with Crippen molar-refractivity contribution >= 4 is 138 Å². The van der Waals surface area contributed by atoms with Gasteiger partial charge in [-0.25, -0.2) is 15.0 Å². The van der Waals surface area contributed by atoms with Crippen LogP contribution < -0.4 is 10.1 Å². The fourth-order valence-electron chi connectivity index (χ4n) is 4.24. The Hall–Kier alpha value is -1.64. The van der Waals surface area contributed by atoms with E-state index in [-0.39, 0.29) is 6.79 Å². The highest BCUT2D eigenvalue weighted by Crippen LogP contribution is 2.39. The molecule has 3 N–H and O–H groups in total. The second-order valence-electron chi connectivity index (χ2n) is 10.1. The van der Waals surface area contributed by atoms with Crippen molar-refractivity contribution in [2.75, 3.05) is 27.4 Å². The van der Waals surface area contributed by atoms with E-state index in [4.69, 9.17) is 119 Å². The molecule has 0 unspecified atom stereocenters. The van der Waals surface area contributed by atoms with Crippen LogP contribution >= 0.6 is 104 Å². The monoisotopic (exact) mass is 849 g/mol. The lowest BCUT2D eigenvalue weighted by molar-refractivity contribution is -0.0411. The molecule has 0 fully saturated rings. The van der Waals surface area contributed by atoms with Gasteiger partial charge in [-0.3, -0.25) is 5.32 Å². The first-order valence-electron chi connectivity index (χ1n) is 14.0. The van der Waals surface area contributed by atoms with Crippen molar-refractivity contribution in [3.8, 4) is 5.75 Å². The molecule has 0 aliphatic carbocycles. The molecular weight excluding hydrogens is 825 g/mol. The van der Waals surface area contributed by atoms with E-state index in [9.17, 15) is 0 Å². The summed E-state index contributed by atoms with van der Waals surface area (Å²) in [5.41, 5.74) is 6.02. The van der Waals surface area contributed by atoms with Gasteiger partial charge in [-0.1, -0.05) is 123 Å². The number of nitrogens with one attached hydrogen (secondary N) is 3. The summed E-state index contributed by atoms with van der Waals surface area (Å²) in [4.78, 5) is 18.5. The summed E-state index contributed by atoms with van der Waals surface area (Å²) in [6.45, 7) is 2.85. The number of imidazole rings is 3. The van der Waals surface area contributed by atoms with Gasteiger partial charge in [-0.2, -0.15) is 0 Å². The zero-order valence-electron chi connectivity index (χ0n) is 25.8. The third-order valence-corrected chi connectivity index (χ3v) is 8.00. The quantitative estimate of drug-likeness (QED) is 0.0833. The lowest BCUT2D eigenvalue weighted by Gasteiger charge is -2.10. The summed E-state index contributed by atoms with van der Waals surface area (Å²) in [6.07, 6.45) is 0. The number of H-pyrrole nitrogens is 2. The first-order chi connectivity index (χ1) is 23.0. The summed E-state index contributed by atoms with van der Waals surface area (Å²) in [5, 5.41) is 2.94. The number of alkyl halides is 9. The maximum absolute atomic E-state index is 5.90. The Morgan fingerprint density at radius 2 is 1.35 bits per heavy atom. The number of halogens is 9. The van der Waals surface area contributed by atoms with Gasteiger partial charge in [0, 0.05) is 20.2 Å². The molecule has 3 aromatic carbocycles. The molecule has 0 saturated heterocycles. The van der Waals surface area contributed by atoms with Gasteiger partial charge in [0.2, 0.25) is 11.4 Å². The molecule has 3 heterocycles. The van der Waals surface area contributed by atoms with Crippen molar-refractivity contribution < 1.29 is 14.2 Å². The van der Waals surface area contributed by atoms with Crippen molar-refractivity contribution in [3.63, 3.8) is 0 Å². The highest BCUT2D eigenvalue weighted by Gasteiger charge is 2.30. The molecule has 6 rings (SSSR count). The SMILES string of the molecule is COCOCNCOc1ccc2c(c1)nc(C(Cl)(Cl)Cl)n2C.Cc1ccc2nc(C(Cl)(Cl)Cl)[nH]c2c1.ClC(Cl)(Cl)c1nc2ccccc2[nH]1. The van der Waals surface area contributed by atoms with Gasteiger partial charge < -0.3 is 28.7 Å². The van der Waals surface area contributed by atoms with Gasteiger partial charge in [0.15, 0.2) is 17.5 Å². The summed E-state index contributed by atoms with van der Waals surface area (Å²) in [6, 6.07) is 18.8. The van der Waals surface area contributed by atoms with Crippen LogP contribution in [0.25, 0.3) is 33.1 Å². The van der Waals surface area contributed by atoms with Crippen LogP contribution in [-0.4, -0.2) is 56.9 Å². The molecule has 0 bridgehead atoms. The molecule has 6 aromatic rings. The largest absolute Gasteiger partial charge is 0.478 e. The lowest BCUT2D eigenvalue weighted by atomic mass is 10.2. The highest BCUT2D eigenvalue weighted by molar-refractivity contribution is 6.67. The van der Waals surface area contributed by atoms with E-state index < -0.39 is 11.4 Å². The number of methoxy groups -OCH3 is 1. The first-order valence-corrected chi connectivity index (χ1v) is 17.4. The minimum Gasteiger partial charge on any atom is -0.478 e.